The van der Waals surface area contributed by atoms with Gasteiger partial charge in [-0.25, -0.2) is 4.79 Å². The number of hydrogen-bond donors (Lipinski definition) is 3. The number of carbonyl (C=O) groups is 3. The number of β-lactam (4-membered cyclic amide) rings is 1. The predicted octanol–water partition coefficient (Wildman–Crippen LogP) is 0.203. The lowest BCUT2D eigenvalue weighted by Gasteiger charge is -2.48. The third-order valence-corrected chi connectivity index (χ3v) is 5.88. The number of amides is 2. The van der Waals surface area contributed by atoms with Crippen LogP contribution in [0.5, 0.6) is 0 Å². The van der Waals surface area contributed by atoms with E-state index in [0.717, 1.165) is 16.4 Å². The van der Waals surface area contributed by atoms with Crippen LogP contribution in [0, 0.1) is 0 Å². The van der Waals surface area contributed by atoms with Gasteiger partial charge in [0.1, 0.15) is 17.1 Å². The van der Waals surface area contributed by atoms with E-state index in [4.69, 9.17) is 22.4 Å². The summed E-state index contributed by atoms with van der Waals surface area (Å²) >= 11 is 8.33. The molecule has 3 heterocycles. The SMILES string of the molecule is Nc1csnc1CC(=O)N[C@@H]1C(=O)N2C(C(=O)O)=C(Cl)CS[C@@H]12. The number of halogens is 1. The van der Waals surface area contributed by atoms with Crippen LogP contribution in [0.1, 0.15) is 5.69 Å². The van der Waals surface area contributed by atoms with Crippen molar-refractivity contribution in [1.82, 2.24) is 14.6 Å². The Kier molecular flexibility index (Phi) is 4.21. The first-order valence-electron chi connectivity index (χ1n) is 6.45. The van der Waals surface area contributed by atoms with Crippen LogP contribution in [0.25, 0.3) is 0 Å². The van der Waals surface area contributed by atoms with Crippen molar-refractivity contribution in [2.45, 2.75) is 17.8 Å². The van der Waals surface area contributed by atoms with Gasteiger partial charge in [0.2, 0.25) is 5.91 Å². The highest BCUT2D eigenvalue weighted by Gasteiger charge is 2.54. The Bertz CT molecular complexity index is 734. The molecule has 8 nitrogen and oxygen atoms in total. The van der Waals surface area contributed by atoms with Gasteiger partial charge >= 0.3 is 5.97 Å². The van der Waals surface area contributed by atoms with Gasteiger partial charge in [0, 0.05) is 11.1 Å². The van der Waals surface area contributed by atoms with E-state index in [1.165, 1.54) is 11.8 Å². The lowest BCUT2D eigenvalue weighted by molar-refractivity contribution is -0.150. The number of nitrogen functional groups attached to an aromatic ring is 1. The molecule has 0 bridgehead atoms. The monoisotopic (exact) mass is 374 g/mol. The number of hydrogen-bond acceptors (Lipinski definition) is 7. The second-order valence-corrected chi connectivity index (χ2v) is 7.10. The van der Waals surface area contributed by atoms with Crippen LogP contribution in [0.2, 0.25) is 0 Å². The highest BCUT2D eigenvalue weighted by Crippen LogP contribution is 2.41. The van der Waals surface area contributed by atoms with Crippen LogP contribution in [0.15, 0.2) is 16.1 Å². The zero-order valence-corrected chi connectivity index (χ0v) is 13.9. The molecular weight excluding hydrogens is 364 g/mol. The number of carboxylic acids is 1. The Morgan fingerprint density at radius 3 is 2.91 bits per heavy atom. The van der Waals surface area contributed by atoms with Gasteiger partial charge in [-0.3, -0.25) is 14.5 Å². The standard InChI is InChI=1S/C12H11ClN4O4S2/c13-4-2-22-11-8(10(19)17(11)9(4)12(20)21)15-7(18)1-6-5(14)3-23-16-6/h3,8,11H,1-2,14H2,(H,15,18)(H,20,21)/t8-,11+/m1/s1. The van der Waals surface area contributed by atoms with E-state index in [1.54, 1.807) is 5.38 Å². The highest BCUT2D eigenvalue weighted by atomic mass is 35.5. The normalized spacial score (nSPS) is 23.3. The van der Waals surface area contributed by atoms with E-state index in [-0.39, 0.29) is 22.9 Å². The van der Waals surface area contributed by atoms with Gasteiger partial charge in [-0.05, 0) is 11.5 Å². The topological polar surface area (TPSA) is 126 Å². The van der Waals surface area contributed by atoms with Gasteiger partial charge in [-0.1, -0.05) is 11.6 Å². The molecule has 3 rings (SSSR count). The minimum Gasteiger partial charge on any atom is -0.477 e. The van der Waals surface area contributed by atoms with Crippen LogP contribution in [0.4, 0.5) is 5.69 Å². The molecule has 1 saturated heterocycles. The maximum atomic E-state index is 12.2. The predicted molar refractivity (Wildman–Crippen MR) is 85.8 cm³/mol. The number of thioether (sulfide) groups is 1. The number of fused-ring (bicyclic) bond motifs is 1. The second-order valence-electron chi connectivity index (χ2n) is 4.91. The third-order valence-electron chi connectivity index (χ3n) is 3.44. The minimum absolute atomic E-state index is 0.0289. The fourth-order valence-corrected chi connectivity index (χ4v) is 4.51. The number of nitrogens with one attached hydrogen (secondary N) is 1. The lowest BCUT2D eigenvalue weighted by Crippen LogP contribution is -2.70. The van der Waals surface area contributed by atoms with Crippen molar-refractivity contribution in [3.05, 3.63) is 21.8 Å². The number of rotatable bonds is 4. The molecule has 1 aromatic rings. The summed E-state index contributed by atoms with van der Waals surface area (Å²) in [5.41, 5.74) is 6.35. The Hall–Kier alpha value is -1.78. The third kappa shape index (κ3) is 2.77. The fraction of sp³-hybridized carbons (Fsp3) is 0.333. The molecular formula is C12H11ClN4O4S2. The molecule has 4 N–H and O–H groups in total. The van der Waals surface area contributed by atoms with Crippen molar-refractivity contribution >= 4 is 58.4 Å². The van der Waals surface area contributed by atoms with Gasteiger partial charge in [0.05, 0.1) is 22.8 Å². The summed E-state index contributed by atoms with van der Waals surface area (Å²) in [6.45, 7) is 0. The molecule has 0 aliphatic carbocycles. The van der Waals surface area contributed by atoms with E-state index < -0.39 is 29.2 Å². The number of aromatic nitrogens is 1. The fourth-order valence-electron chi connectivity index (χ4n) is 2.36. The molecule has 2 aliphatic heterocycles. The van der Waals surface area contributed by atoms with Crippen molar-refractivity contribution in [3.8, 4) is 0 Å². The number of nitrogens with two attached hydrogens (primary N) is 1. The van der Waals surface area contributed by atoms with E-state index in [0.29, 0.717) is 11.4 Å². The average Bonchev–Trinajstić information content (AvgIpc) is 2.89. The zero-order chi connectivity index (χ0) is 16.7. The Labute approximate surface area is 143 Å². The van der Waals surface area contributed by atoms with Crippen LogP contribution >= 0.6 is 34.9 Å². The first-order valence-corrected chi connectivity index (χ1v) is 8.71. The van der Waals surface area contributed by atoms with Crippen LogP contribution < -0.4 is 11.1 Å². The number of aliphatic carboxylic acids is 1. The summed E-state index contributed by atoms with van der Waals surface area (Å²) < 4.78 is 4.01. The Balaban J connectivity index is 1.68. The molecule has 122 valence electrons. The molecule has 1 aromatic heterocycles. The Morgan fingerprint density at radius 1 is 1.57 bits per heavy atom. The number of anilines is 1. The van der Waals surface area contributed by atoms with Gasteiger partial charge < -0.3 is 16.2 Å². The maximum Gasteiger partial charge on any atom is 0.353 e. The molecule has 1 fully saturated rings. The molecule has 2 aliphatic rings. The van der Waals surface area contributed by atoms with Crippen molar-refractivity contribution in [2.75, 3.05) is 11.5 Å². The zero-order valence-electron chi connectivity index (χ0n) is 11.5. The lowest BCUT2D eigenvalue weighted by atomic mass is 10.0. The Morgan fingerprint density at radius 2 is 2.30 bits per heavy atom. The molecule has 0 radical (unpaired) electrons. The molecule has 0 spiro atoms. The van der Waals surface area contributed by atoms with Gasteiger partial charge in [0.25, 0.3) is 5.91 Å². The van der Waals surface area contributed by atoms with E-state index in [9.17, 15) is 14.4 Å². The summed E-state index contributed by atoms with van der Waals surface area (Å²) in [5.74, 6) is -1.85. The molecule has 23 heavy (non-hydrogen) atoms. The van der Waals surface area contributed by atoms with E-state index in [2.05, 4.69) is 9.69 Å². The average molecular weight is 375 g/mol. The molecule has 2 amide bonds. The van der Waals surface area contributed by atoms with Crippen molar-refractivity contribution in [2.24, 2.45) is 0 Å². The first-order chi connectivity index (χ1) is 10.9. The molecule has 0 unspecified atom stereocenters. The summed E-state index contributed by atoms with van der Waals surface area (Å²) in [4.78, 5) is 36.5. The number of nitrogens with zero attached hydrogens (tertiary/aromatic N) is 2. The smallest absolute Gasteiger partial charge is 0.353 e. The van der Waals surface area contributed by atoms with E-state index in [1.807, 2.05) is 0 Å². The van der Waals surface area contributed by atoms with Crippen molar-refractivity contribution < 1.29 is 19.5 Å². The summed E-state index contributed by atoms with van der Waals surface area (Å²) in [5, 5.41) is 13.0. The van der Waals surface area contributed by atoms with Crippen molar-refractivity contribution in [3.63, 3.8) is 0 Å². The quantitative estimate of drug-likeness (QED) is 0.643. The highest BCUT2D eigenvalue weighted by molar-refractivity contribution is 8.00. The molecule has 0 aromatic carbocycles. The van der Waals surface area contributed by atoms with Gasteiger partial charge in [0.15, 0.2) is 0 Å². The van der Waals surface area contributed by atoms with Crippen LogP contribution in [0.3, 0.4) is 0 Å². The van der Waals surface area contributed by atoms with Crippen molar-refractivity contribution in [1.29, 1.82) is 0 Å². The number of carboxylic acid groups (broad SMARTS) is 1. The van der Waals surface area contributed by atoms with Gasteiger partial charge in [-0.15, -0.1) is 11.8 Å². The largest absolute Gasteiger partial charge is 0.477 e. The second kappa shape index (κ2) is 6.02. The summed E-state index contributed by atoms with van der Waals surface area (Å²) in [6.07, 6.45) is -0.0289. The van der Waals surface area contributed by atoms with Crippen LogP contribution in [-0.2, 0) is 20.8 Å². The maximum absolute atomic E-state index is 12.2. The van der Waals surface area contributed by atoms with Gasteiger partial charge in [-0.2, -0.15) is 4.37 Å². The molecule has 0 saturated carbocycles. The molecule has 2 atom stereocenters. The van der Waals surface area contributed by atoms with Crippen LogP contribution in [-0.4, -0.2) is 49.3 Å². The molecule has 11 heteroatoms. The minimum atomic E-state index is -1.26. The summed E-state index contributed by atoms with van der Waals surface area (Å²) in [6, 6.07) is -0.772. The van der Waals surface area contributed by atoms with E-state index >= 15 is 0 Å². The summed E-state index contributed by atoms with van der Waals surface area (Å²) in [7, 11) is 0. The number of carbonyl (C=O) groups excluding carboxylic acids is 2. The first kappa shape index (κ1) is 16.1.